The lowest BCUT2D eigenvalue weighted by Crippen LogP contribution is -2.14. The number of carbonyl (C=O) groups is 1. The van der Waals surface area contributed by atoms with Gasteiger partial charge < -0.3 is 5.32 Å². The van der Waals surface area contributed by atoms with E-state index in [1.165, 1.54) is 29.5 Å². The van der Waals surface area contributed by atoms with Gasteiger partial charge in [0, 0.05) is 10.6 Å². The largest absolute Gasteiger partial charge is 0.325 e. The van der Waals surface area contributed by atoms with E-state index >= 15 is 0 Å². The van der Waals surface area contributed by atoms with Gasteiger partial charge in [0.1, 0.15) is 5.82 Å². The molecule has 0 saturated carbocycles. The summed E-state index contributed by atoms with van der Waals surface area (Å²) in [6.45, 7) is 2.07. The number of halogens is 1. The molecule has 0 atom stereocenters. The van der Waals surface area contributed by atoms with Crippen molar-refractivity contribution in [2.75, 3.05) is 11.1 Å². The fourth-order valence-corrected chi connectivity index (χ4v) is 2.44. The maximum absolute atomic E-state index is 12.8. The van der Waals surface area contributed by atoms with Crippen LogP contribution in [0.2, 0.25) is 0 Å². The predicted octanol–water partition coefficient (Wildman–Crippen LogP) is 4.12. The van der Waals surface area contributed by atoms with E-state index in [9.17, 15) is 9.18 Å². The maximum Gasteiger partial charge on any atom is 0.234 e. The molecule has 0 fully saturated rings. The van der Waals surface area contributed by atoms with Crippen LogP contribution in [0.1, 0.15) is 12.5 Å². The SMILES string of the molecule is CCc1cccc(NC(=O)CSc2ccc(F)cc2)c1. The van der Waals surface area contributed by atoms with Crippen molar-refractivity contribution in [1.82, 2.24) is 0 Å². The molecule has 0 aromatic heterocycles. The highest BCUT2D eigenvalue weighted by atomic mass is 32.2. The number of rotatable bonds is 5. The third kappa shape index (κ3) is 4.38. The lowest BCUT2D eigenvalue weighted by atomic mass is 10.1. The molecule has 2 rings (SSSR count). The van der Waals surface area contributed by atoms with E-state index in [0.717, 1.165) is 17.0 Å². The first-order valence-corrected chi connectivity index (χ1v) is 7.43. The molecule has 1 amide bonds. The standard InChI is InChI=1S/C16H16FNOS/c1-2-12-4-3-5-14(10-12)18-16(19)11-20-15-8-6-13(17)7-9-15/h3-10H,2,11H2,1H3,(H,18,19). The Balaban J connectivity index is 1.87. The monoisotopic (exact) mass is 289 g/mol. The van der Waals surface area contributed by atoms with E-state index in [0.29, 0.717) is 5.75 Å². The molecule has 2 aromatic carbocycles. The van der Waals surface area contributed by atoms with Gasteiger partial charge in [0.15, 0.2) is 0 Å². The van der Waals surface area contributed by atoms with Crippen molar-refractivity contribution < 1.29 is 9.18 Å². The highest BCUT2D eigenvalue weighted by molar-refractivity contribution is 8.00. The molecular formula is C16H16FNOS. The van der Waals surface area contributed by atoms with Gasteiger partial charge >= 0.3 is 0 Å². The molecule has 0 aliphatic carbocycles. The highest BCUT2D eigenvalue weighted by Gasteiger charge is 2.04. The minimum atomic E-state index is -0.268. The summed E-state index contributed by atoms with van der Waals surface area (Å²) in [6.07, 6.45) is 0.939. The number of hydrogen-bond acceptors (Lipinski definition) is 2. The fourth-order valence-electron chi connectivity index (χ4n) is 1.75. The number of benzene rings is 2. The second kappa shape index (κ2) is 7.10. The van der Waals surface area contributed by atoms with Crippen LogP contribution >= 0.6 is 11.8 Å². The fraction of sp³-hybridized carbons (Fsp3) is 0.188. The van der Waals surface area contributed by atoms with Crippen molar-refractivity contribution in [1.29, 1.82) is 0 Å². The van der Waals surface area contributed by atoms with Crippen LogP contribution in [0.5, 0.6) is 0 Å². The number of carbonyl (C=O) groups excluding carboxylic acids is 1. The van der Waals surface area contributed by atoms with Crippen LogP contribution in [-0.2, 0) is 11.2 Å². The van der Waals surface area contributed by atoms with Gasteiger partial charge in [0.05, 0.1) is 5.75 Å². The van der Waals surface area contributed by atoms with Gasteiger partial charge in [-0.3, -0.25) is 4.79 Å². The summed E-state index contributed by atoms with van der Waals surface area (Å²) in [5, 5.41) is 2.86. The van der Waals surface area contributed by atoms with Crippen molar-refractivity contribution in [3.05, 3.63) is 59.9 Å². The smallest absolute Gasteiger partial charge is 0.234 e. The average Bonchev–Trinajstić information content (AvgIpc) is 2.47. The highest BCUT2D eigenvalue weighted by Crippen LogP contribution is 2.18. The predicted molar refractivity (Wildman–Crippen MR) is 81.6 cm³/mol. The van der Waals surface area contributed by atoms with E-state index in [4.69, 9.17) is 0 Å². The van der Waals surface area contributed by atoms with E-state index in [-0.39, 0.29) is 11.7 Å². The van der Waals surface area contributed by atoms with Crippen molar-refractivity contribution in [2.24, 2.45) is 0 Å². The molecule has 0 aliphatic heterocycles. The molecule has 1 N–H and O–H groups in total. The van der Waals surface area contributed by atoms with Crippen LogP contribution in [0.3, 0.4) is 0 Å². The van der Waals surface area contributed by atoms with E-state index in [1.54, 1.807) is 12.1 Å². The summed E-state index contributed by atoms with van der Waals surface area (Å²) < 4.78 is 12.8. The Hall–Kier alpha value is -1.81. The number of amides is 1. The van der Waals surface area contributed by atoms with Gasteiger partial charge in [-0.05, 0) is 48.4 Å². The van der Waals surface area contributed by atoms with E-state index < -0.39 is 0 Å². The zero-order valence-electron chi connectivity index (χ0n) is 11.2. The molecule has 0 saturated heterocycles. The summed E-state index contributed by atoms with van der Waals surface area (Å²) >= 11 is 1.39. The lowest BCUT2D eigenvalue weighted by Gasteiger charge is -2.06. The number of aryl methyl sites for hydroxylation is 1. The molecule has 0 bridgehead atoms. The van der Waals surface area contributed by atoms with Gasteiger partial charge in [0.25, 0.3) is 0 Å². The first kappa shape index (κ1) is 14.6. The molecule has 0 heterocycles. The Morgan fingerprint density at radius 2 is 1.95 bits per heavy atom. The number of hydrogen-bond donors (Lipinski definition) is 1. The molecule has 20 heavy (non-hydrogen) atoms. The molecule has 4 heteroatoms. The Morgan fingerprint density at radius 1 is 1.20 bits per heavy atom. The maximum atomic E-state index is 12.8. The van der Waals surface area contributed by atoms with Crippen molar-refractivity contribution in [2.45, 2.75) is 18.2 Å². The molecule has 104 valence electrons. The molecule has 2 nitrogen and oxygen atoms in total. The molecule has 0 radical (unpaired) electrons. The quantitative estimate of drug-likeness (QED) is 0.839. The van der Waals surface area contributed by atoms with Crippen LogP contribution in [0.25, 0.3) is 0 Å². The van der Waals surface area contributed by atoms with E-state index in [1.807, 2.05) is 24.3 Å². The third-order valence-electron chi connectivity index (χ3n) is 2.80. The Bertz CT molecular complexity index is 583. The third-order valence-corrected chi connectivity index (χ3v) is 3.81. The average molecular weight is 289 g/mol. The van der Waals surface area contributed by atoms with Crippen LogP contribution in [-0.4, -0.2) is 11.7 Å². The van der Waals surface area contributed by atoms with Crippen LogP contribution in [0.15, 0.2) is 53.4 Å². The van der Waals surface area contributed by atoms with Gasteiger partial charge in [0.2, 0.25) is 5.91 Å². The molecule has 0 aliphatic rings. The van der Waals surface area contributed by atoms with Crippen LogP contribution in [0, 0.1) is 5.82 Å². The Labute approximate surface area is 122 Å². The number of nitrogens with one attached hydrogen (secondary N) is 1. The second-order valence-corrected chi connectivity index (χ2v) is 5.39. The van der Waals surface area contributed by atoms with Gasteiger partial charge in [-0.2, -0.15) is 0 Å². The topological polar surface area (TPSA) is 29.1 Å². The summed E-state index contributed by atoms with van der Waals surface area (Å²) in [4.78, 5) is 12.7. The van der Waals surface area contributed by atoms with Crippen molar-refractivity contribution >= 4 is 23.4 Å². The molecule has 0 spiro atoms. The van der Waals surface area contributed by atoms with Crippen molar-refractivity contribution in [3.8, 4) is 0 Å². The molecular weight excluding hydrogens is 273 g/mol. The summed E-state index contributed by atoms with van der Waals surface area (Å²) in [6, 6.07) is 13.9. The van der Waals surface area contributed by atoms with Gasteiger partial charge in [-0.25, -0.2) is 4.39 Å². The molecule has 2 aromatic rings. The van der Waals surface area contributed by atoms with Crippen molar-refractivity contribution in [3.63, 3.8) is 0 Å². The van der Waals surface area contributed by atoms with Gasteiger partial charge in [-0.1, -0.05) is 19.1 Å². The zero-order chi connectivity index (χ0) is 14.4. The van der Waals surface area contributed by atoms with Crippen LogP contribution < -0.4 is 5.32 Å². The minimum absolute atomic E-state index is 0.0624. The first-order chi connectivity index (χ1) is 9.67. The minimum Gasteiger partial charge on any atom is -0.325 e. The zero-order valence-corrected chi connectivity index (χ0v) is 12.0. The number of anilines is 1. The second-order valence-electron chi connectivity index (χ2n) is 4.34. The normalized spacial score (nSPS) is 10.3. The van der Waals surface area contributed by atoms with Crippen LogP contribution in [0.4, 0.5) is 10.1 Å². The first-order valence-electron chi connectivity index (χ1n) is 6.44. The number of thioether (sulfide) groups is 1. The summed E-state index contributed by atoms with van der Waals surface area (Å²) in [5.74, 6) is -0.0233. The Kier molecular flexibility index (Phi) is 5.18. The van der Waals surface area contributed by atoms with E-state index in [2.05, 4.69) is 12.2 Å². The van der Waals surface area contributed by atoms with Gasteiger partial charge in [-0.15, -0.1) is 11.8 Å². The summed E-state index contributed by atoms with van der Waals surface area (Å²) in [7, 11) is 0. The Morgan fingerprint density at radius 3 is 2.65 bits per heavy atom. The molecule has 0 unspecified atom stereocenters. The lowest BCUT2D eigenvalue weighted by molar-refractivity contribution is -0.113. The summed E-state index contributed by atoms with van der Waals surface area (Å²) in [5.41, 5.74) is 2.00.